The average molecular weight is 435 g/mol. The van der Waals surface area contributed by atoms with E-state index >= 15 is 0 Å². The van der Waals surface area contributed by atoms with Gasteiger partial charge in [-0.05, 0) is 78.8 Å². The van der Waals surface area contributed by atoms with Crippen LogP contribution in [-0.2, 0) is 24.2 Å². The third-order valence-electron chi connectivity index (χ3n) is 6.46. The Balaban J connectivity index is 1.34. The molecule has 2 aliphatic carbocycles. The van der Waals surface area contributed by atoms with Crippen molar-refractivity contribution in [2.45, 2.75) is 69.1 Å². The van der Waals surface area contributed by atoms with Crippen LogP contribution in [0, 0.1) is 0 Å². The van der Waals surface area contributed by atoms with Gasteiger partial charge in [-0.25, -0.2) is 0 Å². The quantitative estimate of drug-likeness (QED) is 0.695. The van der Waals surface area contributed by atoms with E-state index < -0.39 is 11.9 Å². The molecule has 0 unspecified atom stereocenters. The summed E-state index contributed by atoms with van der Waals surface area (Å²) in [5.41, 5.74) is 10.3. The number of fused-ring (bicyclic) bond motifs is 1. The molecule has 0 bridgehead atoms. The fourth-order valence-corrected chi connectivity index (χ4v) is 4.77. The largest absolute Gasteiger partial charge is 0.573 e. The topological polar surface area (TPSA) is 64.7 Å². The number of benzene rings is 2. The number of ether oxygens (including phenoxy) is 2. The van der Waals surface area contributed by atoms with Crippen LogP contribution in [0.4, 0.5) is 13.2 Å². The number of aryl methyl sites for hydroxylation is 1. The van der Waals surface area contributed by atoms with Crippen molar-refractivity contribution in [1.29, 1.82) is 0 Å². The summed E-state index contributed by atoms with van der Waals surface area (Å²) < 4.78 is 47.2. The summed E-state index contributed by atoms with van der Waals surface area (Å²) in [5, 5.41) is 9.51. The Morgan fingerprint density at radius 2 is 1.94 bits per heavy atom. The van der Waals surface area contributed by atoms with Gasteiger partial charge in [0.2, 0.25) is 0 Å². The van der Waals surface area contributed by atoms with Crippen molar-refractivity contribution in [2.24, 2.45) is 5.73 Å². The van der Waals surface area contributed by atoms with Crippen molar-refractivity contribution >= 4 is 0 Å². The maximum atomic E-state index is 12.4. The van der Waals surface area contributed by atoms with Gasteiger partial charge in [-0.15, -0.1) is 13.2 Å². The maximum absolute atomic E-state index is 12.4. The first kappa shape index (κ1) is 22.1. The predicted octanol–water partition coefficient (Wildman–Crippen LogP) is 4.62. The van der Waals surface area contributed by atoms with Gasteiger partial charge in [0.05, 0.1) is 19.3 Å². The Hall–Kier alpha value is -2.09. The number of aliphatic hydroxyl groups is 1. The summed E-state index contributed by atoms with van der Waals surface area (Å²) in [6, 6.07) is 12.5. The Kier molecular flexibility index (Phi) is 6.28. The lowest BCUT2D eigenvalue weighted by atomic mass is 9.85. The number of hydrogen-bond acceptors (Lipinski definition) is 4. The van der Waals surface area contributed by atoms with Gasteiger partial charge in [-0.3, -0.25) is 0 Å². The zero-order valence-corrected chi connectivity index (χ0v) is 17.3. The molecule has 4 rings (SSSR count). The minimum absolute atomic E-state index is 0.0265. The van der Waals surface area contributed by atoms with Gasteiger partial charge in [-0.1, -0.05) is 30.3 Å². The highest BCUT2D eigenvalue weighted by Crippen LogP contribution is 2.40. The van der Waals surface area contributed by atoms with Crippen molar-refractivity contribution in [1.82, 2.24) is 0 Å². The van der Waals surface area contributed by atoms with E-state index in [2.05, 4.69) is 22.9 Å². The van der Waals surface area contributed by atoms with Crippen molar-refractivity contribution in [3.05, 3.63) is 64.7 Å². The summed E-state index contributed by atoms with van der Waals surface area (Å²) in [5.74, 6) is 0.160. The monoisotopic (exact) mass is 435 g/mol. The molecule has 3 N–H and O–H groups in total. The Labute approximate surface area is 180 Å². The van der Waals surface area contributed by atoms with Crippen LogP contribution in [-0.4, -0.2) is 29.7 Å². The number of halogens is 3. The highest BCUT2D eigenvalue weighted by Gasteiger charge is 2.36. The number of nitrogens with two attached hydrogens (primary N) is 1. The third kappa shape index (κ3) is 5.59. The van der Waals surface area contributed by atoms with E-state index in [1.165, 1.54) is 34.9 Å². The second kappa shape index (κ2) is 8.81. The maximum Gasteiger partial charge on any atom is 0.573 e. The fourth-order valence-electron chi connectivity index (χ4n) is 4.77. The third-order valence-corrected chi connectivity index (χ3v) is 6.46. The van der Waals surface area contributed by atoms with Crippen molar-refractivity contribution in [2.75, 3.05) is 6.61 Å². The first-order valence-corrected chi connectivity index (χ1v) is 10.7. The summed E-state index contributed by atoms with van der Waals surface area (Å²) in [6.07, 6.45) is 0.552. The zero-order chi connectivity index (χ0) is 22.1. The Bertz CT molecular complexity index is 917. The lowest BCUT2D eigenvalue weighted by molar-refractivity contribution is -0.274. The van der Waals surface area contributed by atoms with E-state index in [4.69, 9.17) is 10.5 Å². The van der Waals surface area contributed by atoms with Crippen LogP contribution in [0.3, 0.4) is 0 Å². The molecule has 0 radical (unpaired) electrons. The molecular weight excluding hydrogens is 407 g/mol. The molecule has 1 fully saturated rings. The van der Waals surface area contributed by atoms with Crippen molar-refractivity contribution < 1.29 is 27.8 Å². The van der Waals surface area contributed by atoms with E-state index in [1.54, 1.807) is 6.07 Å². The molecule has 7 heteroatoms. The predicted molar refractivity (Wildman–Crippen MR) is 111 cm³/mol. The summed E-state index contributed by atoms with van der Waals surface area (Å²) in [4.78, 5) is 0. The lowest BCUT2D eigenvalue weighted by Crippen LogP contribution is -2.40. The minimum atomic E-state index is -4.70. The van der Waals surface area contributed by atoms with Crippen LogP contribution >= 0.6 is 0 Å². The van der Waals surface area contributed by atoms with Crippen LogP contribution in [0.15, 0.2) is 42.5 Å². The molecule has 2 aromatic rings. The van der Waals surface area contributed by atoms with Gasteiger partial charge < -0.3 is 20.3 Å². The molecule has 1 saturated carbocycles. The van der Waals surface area contributed by atoms with Gasteiger partial charge in [0.15, 0.2) is 0 Å². The number of alkyl halides is 3. The molecule has 2 aromatic carbocycles. The second-order valence-electron chi connectivity index (χ2n) is 8.86. The van der Waals surface area contributed by atoms with Crippen LogP contribution in [0.5, 0.6) is 5.75 Å². The molecule has 0 spiro atoms. The van der Waals surface area contributed by atoms with Crippen LogP contribution in [0.25, 0.3) is 0 Å². The fraction of sp³-hybridized carbons (Fsp3) is 0.500. The van der Waals surface area contributed by atoms with Crippen LogP contribution in [0.2, 0.25) is 0 Å². The number of rotatable bonds is 6. The normalized spacial score (nSPS) is 26.0. The van der Waals surface area contributed by atoms with Gasteiger partial charge in [-0.2, -0.15) is 0 Å². The first-order chi connectivity index (χ1) is 14.7. The first-order valence-electron chi connectivity index (χ1n) is 10.7. The SMILES string of the molecule is N[C@]1(CO)CC[C@H](c2ccc3c(c2)CC[C@@H](OCc2cccc(OC(F)(F)F)c2)C3)C1. The Morgan fingerprint density at radius 3 is 2.68 bits per heavy atom. The molecular formula is C24H28F3NO3. The molecule has 4 nitrogen and oxygen atoms in total. The van der Waals surface area contributed by atoms with E-state index in [9.17, 15) is 18.3 Å². The Morgan fingerprint density at radius 1 is 1.10 bits per heavy atom. The second-order valence-corrected chi connectivity index (χ2v) is 8.86. The minimum Gasteiger partial charge on any atom is -0.406 e. The summed E-state index contributed by atoms with van der Waals surface area (Å²) in [6.45, 7) is 0.271. The van der Waals surface area contributed by atoms with E-state index in [0.29, 0.717) is 11.5 Å². The van der Waals surface area contributed by atoms with Gasteiger partial charge in [0.25, 0.3) is 0 Å². The lowest BCUT2D eigenvalue weighted by Gasteiger charge is -2.26. The smallest absolute Gasteiger partial charge is 0.406 e. The molecule has 0 amide bonds. The highest BCUT2D eigenvalue weighted by atomic mass is 19.4. The summed E-state index contributed by atoms with van der Waals surface area (Å²) >= 11 is 0. The average Bonchev–Trinajstić information content (AvgIpc) is 3.14. The summed E-state index contributed by atoms with van der Waals surface area (Å²) in [7, 11) is 0. The molecule has 0 heterocycles. The number of aliphatic hydroxyl groups excluding tert-OH is 1. The molecule has 0 saturated heterocycles. The molecule has 31 heavy (non-hydrogen) atoms. The van der Waals surface area contributed by atoms with Gasteiger partial charge in [0.1, 0.15) is 5.75 Å². The van der Waals surface area contributed by atoms with Gasteiger partial charge in [0, 0.05) is 5.54 Å². The zero-order valence-electron chi connectivity index (χ0n) is 17.3. The highest BCUT2D eigenvalue weighted by molar-refractivity contribution is 5.37. The molecule has 168 valence electrons. The number of hydrogen-bond donors (Lipinski definition) is 2. The van der Waals surface area contributed by atoms with Crippen molar-refractivity contribution in [3.8, 4) is 5.75 Å². The van der Waals surface area contributed by atoms with Crippen molar-refractivity contribution in [3.63, 3.8) is 0 Å². The standard InChI is InChI=1S/C24H28F3NO3/c25-24(26,27)31-22-3-1-2-16(10-22)14-30-21-7-6-17-11-18(4-5-19(17)12-21)20-8-9-23(28,13-20)15-29/h1-5,10-11,20-21,29H,6-9,12-15,28H2/t20-,21+,23+/m0/s1. The van der Waals surface area contributed by atoms with Crippen LogP contribution < -0.4 is 10.5 Å². The molecule has 3 atom stereocenters. The molecule has 0 aliphatic heterocycles. The van der Waals surface area contributed by atoms with E-state index in [-0.39, 0.29) is 25.1 Å². The van der Waals surface area contributed by atoms with Crippen LogP contribution in [0.1, 0.15) is 53.9 Å². The van der Waals surface area contributed by atoms with E-state index in [1.807, 2.05) is 0 Å². The van der Waals surface area contributed by atoms with E-state index in [0.717, 1.165) is 38.5 Å². The van der Waals surface area contributed by atoms with Gasteiger partial charge >= 0.3 is 6.36 Å². The molecule has 0 aromatic heterocycles. The molecule has 2 aliphatic rings.